The van der Waals surface area contributed by atoms with Crippen LogP contribution in [-0.4, -0.2) is 32.7 Å². The van der Waals surface area contributed by atoms with Gasteiger partial charge < -0.3 is 14.6 Å². The second-order valence-corrected chi connectivity index (χ2v) is 9.34. The fourth-order valence-corrected chi connectivity index (χ4v) is 4.55. The smallest absolute Gasteiger partial charge is 0.323 e. The van der Waals surface area contributed by atoms with Crippen LogP contribution in [0.15, 0.2) is 71.6 Å². The Morgan fingerprint density at radius 3 is 2.47 bits per heavy atom. The van der Waals surface area contributed by atoms with Crippen LogP contribution in [0.1, 0.15) is 16.7 Å². The van der Waals surface area contributed by atoms with E-state index in [9.17, 15) is 18.4 Å². The van der Waals surface area contributed by atoms with Crippen molar-refractivity contribution in [3.05, 3.63) is 100.0 Å². The maximum atomic E-state index is 14.0. The first-order valence-corrected chi connectivity index (χ1v) is 11.9. The average Bonchev–Trinajstić information content (AvgIpc) is 3.10. The lowest BCUT2D eigenvalue weighted by Crippen LogP contribution is -2.33. The zero-order chi connectivity index (χ0) is 25.7. The van der Waals surface area contributed by atoms with Crippen molar-refractivity contribution in [1.29, 1.82) is 0 Å². The molecule has 1 aliphatic heterocycles. The highest BCUT2D eigenvalue weighted by Crippen LogP contribution is 2.35. The lowest BCUT2D eigenvalue weighted by Gasteiger charge is -2.14. The van der Waals surface area contributed by atoms with Crippen molar-refractivity contribution in [1.82, 2.24) is 4.90 Å². The number of carbonyl (C=O) groups is 2. The molecular weight excluding hydrogens is 508 g/mol. The number of thiocarbonyl (C=S) groups is 1. The summed E-state index contributed by atoms with van der Waals surface area (Å²) in [7, 11) is 0. The fraction of sp³-hybridized carbons (Fsp3) is 0.115. The van der Waals surface area contributed by atoms with Crippen LogP contribution in [-0.2, 0) is 22.8 Å². The molecule has 1 aliphatic rings. The van der Waals surface area contributed by atoms with Crippen molar-refractivity contribution < 1.29 is 33.0 Å². The van der Waals surface area contributed by atoms with E-state index < -0.39 is 30.1 Å². The van der Waals surface area contributed by atoms with E-state index in [0.29, 0.717) is 17.1 Å². The van der Waals surface area contributed by atoms with Gasteiger partial charge in [0.1, 0.15) is 35.7 Å². The summed E-state index contributed by atoms with van der Waals surface area (Å²) in [6.07, 6.45) is 1.58. The summed E-state index contributed by atoms with van der Waals surface area (Å²) in [5.41, 5.74) is 1.68. The maximum absolute atomic E-state index is 14.0. The summed E-state index contributed by atoms with van der Waals surface area (Å²) in [6.45, 7) is -0.437. The van der Waals surface area contributed by atoms with E-state index in [4.69, 9.17) is 26.8 Å². The number of amides is 1. The molecular formula is C26H19F2NO5S2. The minimum Gasteiger partial charge on any atom is -0.485 e. The second kappa shape index (κ2) is 11.3. The summed E-state index contributed by atoms with van der Waals surface area (Å²) in [5, 5.41) is 9.01. The van der Waals surface area contributed by atoms with Crippen LogP contribution >= 0.6 is 24.0 Å². The van der Waals surface area contributed by atoms with Crippen LogP contribution in [0, 0.1) is 11.6 Å². The summed E-state index contributed by atoms with van der Waals surface area (Å²) < 4.78 is 39.2. The summed E-state index contributed by atoms with van der Waals surface area (Å²) in [4.78, 5) is 24.9. The minimum atomic E-state index is -1.16. The minimum absolute atomic E-state index is 0.152. The molecule has 3 aromatic rings. The molecule has 1 fully saturated rings. The number of halogens is 2. The number of carboxylic acid groups (broad SMARTS) is 1. The third-order valence-electron chi connectivity index (χ3n) is 5.07. The van der Waals surface area contributed by atoms with Crippen LogP contribution in [0.2, 0.25) is 0 Å². The Morgan fingerprint density at radius 2 is 1.75 bits per heavy atom. The Balaban J connectivity index is 1.58. The van der Waals surface area contributed by atoms with E-state index in [0.717, 1.165) is 34.4 Å². The molecule has 0 aliphatic carbocycles. The van der Waals surface area contributed by atoms with E-state index in [1.54, 1.807) is 24.3 Å². The predicted molar refractivity (Wildman–Crippen MR) is 135 cm³/mol. The lowest BCUT2D eigenvalue weighted by molar-refractivity contribution is -0.140. The Labute approximate surface area is 215 Å². The van der Waals surface area contributed by atoms with Crippen molar-refractivity contribution in [3.63, 3.8) is 0 Å². The Hall–Kier alpha value is -3.76. The number of hydrogen-bond acceptors (Lipinski definition) is 6. The van der Waals surface area contributed by atoms with Crippen LogP contribution in [0.25, 0.3) is 6.08 Å². The van der Waals surface area contributed by atoms with Gasteiger partial charge in [-0.25, -0.2) is 8.78 Å². The molecule has 0 aromatic heterocycles. The lowest BCUT2D eigenvalue weighted by atomic mass is 10.1. The molecule has 0 unspecified atom stereocenters. The number of ether oxygens (including phenoxy) is 2. The third-order valence-corrected chi connectivity index (χ3v) is 6.45. The quantitative estimate of drug-likeness (QED) is 0.295. The van der Waals surface area contributed by atoms with Gasteiger partial charge in [-0.15, -0.1) is 0 Å². The molecule has 0 spiro atoms. The number of benzene rings is 3. The highest BCUT2D eigenvalue weighted by Gasteiger charge is 2.33. The van der Waals surface area contributed by atoms with E-state index in [1.165, 1.54) is 6.07 Å². The number of aliphatic carboxylic acids is 1. The van der Waals surface area contributed by atoms with Gasteiger partial charge in [-0.05, 0) is 41.5 Å². The molecule has 1 N–H and O–H groups in total. The van der Waals surface area contributed by atoms with Crippen LogP contribution in [0.5, 0.6) is 11.5 Å². The van der Waals surface area contributed by atoms with Gasteiger partial charge in [-0.3, -0.25) is 14.5 Å². The monoisotopic (exact) mass is 527 g/mol. The van der Waals surface area contributed by atoms with Crippen molar-refractivity contribution in [2.75, 3.05) is 6.54 Å². The highest BCUT2D eigenvalue weighted by molar-refractivity contribution is 8.26. The largest absolute Gasteiger partial charge is 0.485 e. The predicted octanol–water partition coefficient (Wildman–Crippen LogP) is 5.41. The molecule has 1 heterocycles. The van der Waals surface area contributed by atoms with Gasteiger partial charge in [0.2, 0.25) is 0 Å². The number of carbonyl (C=O) groups excluding carboxylic acids is 1. The number of rotatable bonds is 9. The molecule has 4 rings (SSSR count). The summed E-state index contributed by atoms with van der Waals surface area (Å²) in [6, 6.07) is 17.6. The molecule has 10 heteroatoms. The van der Waals surface area contributed by atoms with Gasteiger partial charge in [0.25, 0.3) is 5.91 Å². The maximum Gasteiger partial charge on any atom is 0.323 e. The van der Waals surface area contributed by atoms with Crippen molar-refractivity contribution in [2.24, 2.45) is 0 Å². The molecule has 36 heavy (non-hydrogen) atoms. The van der Waals surface area contributed by atoms with Gasteiger partial charge in [0.05, 0.1) is 4.91 Å². The second-order valence-electron chi connectivity index (χ2n) is 7.67. The molecule has 0 bridgehead atoms. The van der Waals surface area contributed by atoms with E-state index in [-0.39, 0.29) is 28.0 Å². The zero-order valence-corrected chi connectivity index (χ0v) is 20.3. The van der Waals surface area contributed by atoms with Crippen LogP contribution in [0.3, 0.4) is 0 Å². The van der Waals surface area contributed by atoms with Crippen LogP contribution < -0.4 is 9.47 Å². The molecule has 0 saturated carbocycles. The molecule has 0 radical (unpaired) electrons. The van der Waals surface area contributed by atoms with Gasteiger partial charge in [-0.1, -0.05) is 60.4 Å². The van der Waals surface area contributed by atoms with Crippen molar-refractivity contribution in [2.45, 2.75) is 13.2 Å². The standard InChI is InChI=1S/C26H19F2NO5S2/c27-19-8-7-18(20(28)12-19)15-34-21-9-6-17(10-22(21)33-14-16-4-2-1-3-5-16)11-23-25(32)29(13-24(30)31)26(35)36-23/h1-12H,13-15H2,(H,30,31)/b23-11-. The number of carboxylic acids is 1. The number of nitrogens with zero attached hydrogens (tertiary/aromatic N) is 1. The van der Waals surface area contributed by atoms with E-state index in [2.05, 4.69) is 0 Å². The van der Waals surface area contributed by atoms with Gasteiger partial charge >= 0.3 is 5.97 Å². The first-order chi connectivity index (χ1) is 17.3. The van der Waals surface area contributed by atoms with Crippen molar-refractivity contribution >= 4 is 46.3 Å². The first kappa shape index (κ1) is 25.3. The Morgan fingerprint density at radius 1 is 1.00 bits per heavy atom. The topological polar surface area (TPSA) is 76.1 Å². The highest BCUT2D eigenvalue weighted by atomic mass is 32.2. The molecule has 184 valence electrons. The zero-order valence-electron chi connectivity index (χ0n) is 18.6. The molecule has 0 atom stereocenters. The summed E-state index contributed by atoms with van der Waals surface area (Å²) in [5.74, 6) is -2.39. The first-order valence-electron chi connectivity index (χ1n) is 10.6. The van der Waals surface area contributed by atoms with Crippen molar-refractivity contribution in [3.8, 4) is 11.5 Å². The molecule has 3 aromatic carbocycles. The Kier molecular flexibility index (Phi) is 7.97. The van der Waals surface area contributed by atoms with Crippen LogP contribution in [0.4, 0.5) is 8.78 Å². The van der Waals surface area contributed by atoms with E-state index >= 15 is 0 Å². The fourth-order valence-electron chi connectivity index (χ4n) is 3.30. The number of thioether (sulfide) groups is 1. The van der Waals surface area contributed by atoms with E-state index in [1.807, 2.05) is 30.3 Å². The van der Waals surface area contributed by atoms with Gasteiger partial charge in [-0.2, -0.15) is 0 Å². The molecule has 6 nitrogen and oxygen atoms in total. The van der Waals surface area contributed by atoms with Gasteiger partial charge in [0.15, 0.2) is 11.5 Å². The molecule has 1 saturated heterocycles. The average molecular weight is 528 g/mol. The summed E-state index contributed by atoms with van der Waals surface area (Å²) >= 11 is 6.15. The Bertz CT molecular complexity index is 1350. The third kappa shape index (κ3) is 6.27. The SMILES string of the molecule is O=C(O)CN1C(=O)/C(=C/c2ccc(OCc3ccc(F)cc3F)c(OCc3ccccc3)c2)SC1=S. The van der Waals surface area contributed by atoms with Gasteiger partial charge in [0, 0.05) is 11.6 Å². The molecule has 1 amide bonds. The number of hydrogen-bond donors (Lipinski definition) is 1. The normalized spacial score (nSPS) is 14.4.